The quantitative estimate of drug-likeness (QED) is 0.225. The van der Waals surface area contributed by atoms with Crippen LogP contribution in [-0.2, 0) is 13.2 Å². The van der Waals surface area contributed by atoms with Crippen LogP contribution in [0.25, 0.3) is 10.8 Å². The third-order valence-corrected chi connectivity index (χ3v) is 6.53. The fraction of sp³-hybridized carbons (Fsp3) is 0.448. The summed E-state index contributed by atoms with van der Waals surface area (Å²) < 4.78 is 19.6. The molecule has 0 unspecified atom stereocenters. The van der Waals surface area contributed by atoms with Crippen molar-refractivity contribution in [3.05, 3.63) is 76.6 Å². The third kappa shape index (κ3) is 7.97. The molecule has 0 aliphatic carbocycles. The zero-order valence-electron chi connectivity index (χ0n) is 20.6. The van der Waals surface area contributed by atoms with Crippen LogP contribution in [0.1, 0.15) is 57.1 Å². The highest BCUT2D eigenvalue weighted by Gasteiger charge is 2.11. The summed E-state index contributed by atoms with van der Waals surface area (Å²) in [5, 5.41) is 6.40. The predicted molar refractivity (Wildman–Crippen MR) is 142 cm³/mol. The highest BCUT2D eigenvalue weighted by molar-refractivity contribution is 6.31. The standard InChI is InChI=1S/C29H38ClFN2O/c1-3-5-17-33(18-6-4-2)19-9-16-32-21-27-26-11-8-7-10-23(26)13-15-29(27)34-22-24-12-14-25(31)20-28(24)30/h7-8,10-15,20,32H,3-6,9,16-19,21-22H2,1-2H3. The van der Waals surface area contributed by atoms with Gasteiger partial charge in [-0.1, -0.05) is 74.7 Å². The minimum Gasteiger partial charge on any atom is -0.488 e. The summed E-state index contributed by atoms with van der Waals surface area (Å²) in [5.41, 5.74) is 1.92. The van der Waals surface area contributed by atoms with Crippen LogP contribution in [-0.4, -0.2) is 31.1 Å². The molecule has 0 spiro atoms. The van der Waals surface area contributed by atoms with E-state index >= 15 is 0 Å². The minimum absolute atomic E-state index is 0.300. The molecule has 0 amide bonds. The first kappa shape index (κ1) is 26.5. The topological polar surface area (TPSA) is 24.5 Å². The molecular weight excluding hydrogens is 447 g/mol. The van der Waals surface area contributed by atoms with Gasteiger partial charge in [-0.3, -0.25) is 0 Å². The maximum absolute atomic E-state index is 13.4. The van der Waals surface area contributed by atoms with Crippen LogP contribution < -0.4 is 10.1 Å². The fourth-order valence-corrected chi connectivity index (χ4v) is 4.39. The molecule has 3 nitrogen and oxygen atoms in total. The second-order valence-corrected chi connectivity index (χ2v) is 9.27. The van der Waals surface area contributed by atoms with E-state index in [0.717, 1.165) is 42.9 Å². The molecule has 3 aromatic carbocycles. The van der Waals surface area contributed by atoms with Crippen LogP contribution >= 0.6 is 11.6 Å². The predicted octanol–water partition coefficient (Wildman–Crippen LogP) is 7.59. The molecule has 0 saturated carbocycles. The number of hydrogen-bond donors (Lipinski definition) is 1. The number of halogens is 2. The molecule has 0 heterocycles. The van der Waals surface area contributed by atoms with Crippen molar-refractivity contribution in [2.24, 2.45) is 0 Å². The minimum atomic E-state index is -0.340. The van der Waals surface area contributed by atoms with E-state index in [4.69, 9.17) is 16.3 Å². The van der Waals surface area contributed by atoms with E-state index in [2.05, 4.69) is 54.4 Å². The lowest BCUT2D eigenvalue weighted by Crippen LogP contribution is -2.29. The van der Waals surface area contributed by atoms with Crippen LogP contribution in [0.3, 0.4) is 0 Å². The lowest BCUT2D eigenvalue weighted by molar-refractivity contribution is 0.260. The van der Waals surface area contributed by atoms with Crippen molar-refractivity contribution >= 4 is 22.4 Å². The molecule has 0 fully saturated rings. The molecule has 0 aromatic heterocycles. The Kier molecular flexibility index (Phi) is 11.1. The SMILES string of the molecule is CCCCN(CCCC)CCCNCc1c(OCc2ccc(F)cc2Cl)ccc2ccccc12. The van der Waals surface area contributed by atoms with Crippen molar-refractivity contribution in [2.75, 3.05) is 26.2 Å². The largest absolute Gasteiger partial charge is 0.488 e. The van der Waals surface area contributed by atoms with Gasteiger partial charge < -0.3 is 15.0 Å². The van der Waals surface area contributed by atoms with Gasteiger partial charge in [0, 0.05) is 17.7 Å². The van der Waals surface area contributed by atoms with Gasteiger partial charge in [-0.2, -0.15) is 0 Å². The zero-order valence-corrected chi connectivity index (χ0v) is 21.3. The number of nitrogens with zero attached hydrogens (tertiary/aromatic N) is 1. The Hall–Kier alpha value is -2.14. The van der Waals surface area contributed by atoms with Gasteiger partial charge in [0.1, 0.15) is 18.2 Å². The van der Waals surface area contributed by atoms with E-state index < -0.39 is 0 Å². The highest BCUT2D eigenvalue weighted by Crippen LogP contribution is 2.29. The Labute approximate surface area is 209 Å². The fourth-order valence-electron chi connectivity index (χ4n) is 4.17. The first-order chi connectivity index (χ1) is 16.6. The Morgan fingerprint density at radius 2 is 1.65 bits per heavy atom. The van der Waals surface area contributed by atoms with Crippen LogP contribution in [0.15, 0.2) is 54.6 Å². The van der Waals surface area contributed by atoms with Gasteiger partial charge in [0.25, 0.3) is 0 Å². The molecule has 5 heteroatoms. The van der Waals surface area contributed by atoms with Gasteiger partial charge in [0.2, 0.25) is 0 Å². The highest BCUT2D eigenvalue weighted by atomic mass is 35.5. The smallest absolute Gasteiger partial charge is 0.124 e. The van der Waals surface area contributed by atoms with Crippen molar-refractivity contribution in [1.82, 2.24) is 10.2 Å². The zero-order chi connectivity index (χ0) is 24.2. The molecule has 3 rings (SSSR count). The van der Waals surface area contributed by atoms with Crippen molar-refractivity contribution in [2.45, 2.75) is 59.1 Å². The molecular formula is C29H38ClFN2O. The van der Waals surface area contributed by atoms with E-state index in [0.29, 0.717) is 11.6 Å². The van der Waals surface area contributed by atoms with E-state index in [1.165, 1.54) is 61.7 Å². The lowest BCUT2D eigenvalue weighted by Gasteiger charge is -2.22. The molecule has 0 aliphatic rings. The van der Waals surface area contributed by atoms with E-state index in [9.17, 15) is 4.39 Å². The van der Waals surface area contributed by atoms with Gasteiger partial charge in [-0.05, 0) is 74.4 Å². The summed E-state index contributed by atoms with van der Waals surface area (Å²) in [6.45, 7) is 10.0. The number of fused-ring (bicyclic) bond motifs is 1. The lowest BCUT2D eigenvalue weighted by atomic mass is 10.0. The Morgan fingerprint density at radius 1 is 0.912 bits per heavy atom. The van der Waals surface area contributed by atoms with E-state index in [-0.39, 0.29) is 5.82 Å². The summed E-state index contributed by atoms with van der Waals surface area (Å²) in [7, 11) is 0. The number of hydrogen-bond acceptors (Lipinski definition) is 3. The van der Waals surface area contributed by atoms with Crippen molar-refractivity contribution in [3.63, 3.8) is 0 Å². The second kappa shape index (κ2) is 14.3. The Bertz CT molecular complexity index is 1020. The van der Waals surface area contributed by atoms with E-state index in [1.54, 1.807) is 6.07 Å². The molecule has 0 atom stereocenters. The first-order valence-corrected chi connectivity index (χ1v) is 13.0. The van der Waals surface area contributed by atoms with E-state index in [1.807, 2.05) is 6.07 Å². The number of rotatable bonds is 15. The Morgan fingerprint density at radius 3 is 2.38 bits per heavy atom. The molecule has 3 aromatic rings. The molecule has 0 bridgehead atoms. The normalized spacial score (nSPS) is 11.4. The molecule has 0 radical (unpaired) electrons. The summed E-state index contributed by atoms with van der Waals surface area (Å²) in [5.74, 6) is 0.492. The summed E-state index contributed by atoms with van der Waals surface area (Å²) in [6.07, 6.45) is 6.15. The van der Waals surface area contributed by atoms with Gasteiger partial charge >= 0.3 is 0 Å². The van der Waals surface area contributed by atoms with Gasteiger partial charge in [-0.15, -0.1) is 0 Å². The van der Waals surface area contributed by atoms with Gasteiger partial charge in [-0.25, -0.2) is 4.39 Å². The van der Waals surface area contributed by atoms with Gasteiger partial charge in [0.05, 0.1) is 5.02 Å². The maximum atomic E-state index is 13.4. The molecule has 34 heavy (non-hydrogen) atoms. The average molecular weight is 485 g/mol. The average Bonchev–Trinajstić information content (AvgIpc) is 2.85. The maximum Gasteiger partial charge on any atom is 0.124 e. The first-order valence-electron chi connectivity index (χ1n) is 12.6. The van der Waals surface area contributed by atoms with Crippen LogP contribution in [0.5, 0.6) is 5.75 Å². The van der Waals surface area contributed by atoms with Crippen molar-refractivity contribution < 1.29 is 9.13 Å². The molecule has 1 N–H and O–H groups in total. The number of nitrogens with one attached hydrogen (secondary N) is 1. The third-order valence-electron chi connectivity index (χ3n) is 6.18. The summed E-state index contributed by atoms with van der Waals surface area (Å²) in [6, 6.07) is 16.9. The van der Waals surface area contributed by atoms with Crippen molar-refractivity contribution in [3.8, 4) is 5.75 Å². The summed E-state index contributed by atoms with van der Waals surface area (Å²) >= 11 is 6.20. The number of unbranched alkanes of at least 4 members (excludes halogenated alkanes) is 2. The van der Waals surface area contributed by atoms with Crippen LogP contribution in [0.4, 0.5) is 4.39 Å². The molecule has 184 valence electrons. The van der Waals surface area contributed by atoms with Crippen LogP contribution in [0.2, 0.25) is 5.02 Å². The molecule has 0 aliphatic heterocycles. The Balaban J connectivity index is 1.62. The van der Waals surface area contributed by atoms with Gasteiger partial charge in [0.15, 0.2) is 0 Å². The second-order valence-electron chi connectivity index (χ2n) is 8.87. The monoisotopic (exact) mass is 484 g/mol. The number of ether oxygens (including phenoxy) is 1. The van der Waals surface area contributed by atoms with Crippen molar-refractivity contribution in [1.29, 1.82) is 0 Å². The molecule has 0 saturated heterocycles. The number of benzene rings is 3. The van der Waals surface area contributed by atoms with Crippen LogP contribution in [0, 0.1) is 5.82 Å². The summed E-state index contributed by atoms with van der Waals surface area (Å²) in [4.78, 5) is 2.60.